The molecule has 1 amide bonds. The van der Waals surface area contributed by atoms with Gasteiger partial charge in [-0.3, -0.25) is 9.69 Å². The minimum atomic E-state index is 0.0811. The number of hydrogen-bond donors (Lipinski definition) is 1. The Morgan fingerprint density at radius 2 is 2.00 bits per heavy atom. The van der Waals surface area contributed by atoms with Crippen LogP contribution in [-0.2, 0) is 9.53 Å². The van der Waals surface area contributed by atoms with E-state index in [4.69, 9.17) is 4.74 Å². The lowest BCUT2D eigenvalue weighted by atomic mass is 10.2. The Morgan fingerprint density at radius 3 is 2.69 bits per heavy atom. The summed E-state index contributed by atoms with van der Waals surface area (Å²) >= 11 is 0. The summed E-state index contributed by atoms with van der Waals surface area (Å²) in [5, 5.41) is 2.98. The first-order valence-electron chi connectivity index (χ1n) is 9.21. The Balaban J connectivity index is 1.62. The SMILES string of the molecule is C=C(/C=C/CN1CCN(CCC(=O)Nc2cccc(C)c2)CC1)COC. The highest BCUT2D eigenvalue weighted by Gasteiger charge is 2.16. The number of ether oxygens (including phenoxy) is 1. The minimum absolute atomic E-state index is 0.0811. The van der Waals surface area contributed by atoms with Crippen molar-refractivity contribution < 1.29 is 9.53 Å². The molecule has 0 aromatic heterocycles. The second-order valence-electron chi connectivity index (χ2n) is 6.80. The molecule has 2 rings (SSSR count). The highest BCUT2D eigenvalue weighted by Crippen LogP contribution is 2.10. The van der Waals surface area contributed by atoms with Crippen molar-refractivity contribution in [2.75, 3.05) is 58.3 Å². The van der Waals surface area contributed by atoms with Crippen molar-refractivity contribution in [3.63, 3.8) is 0 Å². The molecule has 0 radical (unpaired) electrons. The first kappa shape index (κ1) is 20.4. The first-order chi connectivity index (χ1) is 12.6. The molecule has 1 aromatic carbocycles. The summed E-state index contributed by atoms with van der Waals surface area (Å²) < 4.78 is 5.05. The van der Waals surface area contributed by atoms with E-state index in [1.54, 1.807) is 7.11 Å². The Morgan fingerprint density at radius 1 is 1.27 bits per heavy atom. The number of nitrogens with zero attached hydrogens (tertiary/aromatic N) is 2. The first-order valence-corrected chi connectivity index (χ1v) is 9.21. The van der Waals surface area contributed by atoms with Crippen LogP contribution < -0.4 is 5.32 Å². The van der Waals surface area contributed by atoms with E-state index in [1.807, 2.05) is 37.3 Å². The van der Waals surface area contributed by atoms with Crippen molar-refractivity contribution in [3.05, 3.63) is 54.1 Å². The maximum atomic E-state index is 12.1. The van der Waals surface area contributed by atoms with E-state index in [1.165, 1.54) is 0 Å². The fourth-order valence-electron chi connectivity index (χ4n) is 3.00. The number of carbonyl (C=O) groups excluding carboxylic acids is 1. The van der Waals surface area contributed by atoms with Crippen LogP contribution in [0, 0.1) is 6.92 Å². The maximum Gasteiger partial charge on any atom is 0.225 e. The molecule has 5 heteroatoms. The van der Waals surface area contributed by atoms with Gasteiger partial charge in [0.25, 0.3) is 0 Å². The van der Waals surface area contributed by atoms with E-state index >= 15 is 0 Å². The topological polar surface area (TPSA) is 44.8 Å². The van der Waals surface area contributed by atoms with Gasteiger partial charge in [-0.15, -0.1) is 0 Å². The molecule has 1 aromatic rings. The van der Waals surface area contributed by atoms with Crippen LogP contribution in [0.3, 0.4) is 0 Å². The van der Waals surface area contributed by atoms with Crippen LogP contribution >= 0.6 is 0 Å². The third kappa shape index (κ3) is 7.52. The summed E-state index contributed by atoms with van der Waals surface area (Å²) in [5.41, 5.74) is 3.02. The Kier molecular flexibility index (Phi) is 8.54. The summed E-state index contributed by atoms with van der Waals surface area (Å²) in [6, 6.07) is 7.91. The van der Waals surface area contributed by atoms with Gasteiger partial charge in [0.15, 0.2) is 0 Å². The van der Waals surface area contributed by atoms with Gasteiger partial charge >= 0.3 is 0 Å². The van der Waals surface area contributed by atoms with E-state index in [0.29, 0.717) is 13.0 Å². The molecule has 5 nitrogen and oxygen atoms in total. The molecular formula is C21H31N3O2. The molecule has 0 spiro atoms. The van der Waals surface area contributed by atoms with Gasteiger partial charge in [0.2, 0.25) is 5.91 Å². The molecule has 0 saturated carbocycles. The normalized spacial score (nSPS) is 16.1. The van der Waals surface area contributed by atoms with E-state index in [-0.39, 0.29) is 5.91 Å². The van der Waals surface area contributed by atoms with E-state index < -0.39 is 0 Å². The molecule has 1 aliphatic rings. The summed E-state index contributed by atoms with van der Waals surface area (Å²) in [4.78, 5) is 16.9. The number of aryl methyl sites for hydroxylation is 1. The highest BCUT2D eigenvalue weighted by atomic mass is 16.5. The summed E-state index contributed by atoms with van der Waals surface area (Å²) in [6.45, 7) is 12.4. The second kappa shape index (κ2) is 10.9. The Hall–Kier alpha value is -1.95. The quantitative estimate of drug-likeness (QED) is 0.690. The van der Waals surface area contributed by atoms with Crippen molar-refractivity contribution in [2.45, 2.75) is 13.3 Å². The number of piperazine rings is 1. The number of methoxy groups -OCH3 is 1. The smallest absolute Gasteiger partial charge is 0.225 e. The van der Waals surface area contributed by atoms with E-state index in [2.05, 4.69) is 27.8 Å². The van der Waals surface area contributed by atoms with E-state index in [9.17, 15) is 4.79 Å². The predicted octanol–water partition coefficient (Wildman–Crippen LogP) is 2.70. The maximum absolute atomic E-state index is 12.1. The summed E-state index contributed by atoms with van der Waals surface area (Å²) in [6.07, 6.45) is 4.71. The average molecular weight is 357 g/mol. The Labute approximate surface area is 157 Å². The predicted molar refractivity (Wildman–Crippen MR) is 107 cm³/mol. The third-order valence-corrected chi connectivity index (χ3v) is 4.47. The fourth-order valence-corrected chi connectivity index (χ4v) is 3.00. The van der Waals surface area contributed by atoms with Crippen LogP contribution in [0.1, 0.15) is 12.0 Å². The number of nitrogens with one attached hydrogen (secondary N) is 1. The number of hydrogen-bond acceptors (Lipinski definition) is 4. The molecule has 1 aliphatic heterocycles. The van der Waals surface area contributed by atoms with Gasteiger partial charge in [-0.05, 0) is 30.2 Å². The molecule has 0 unspecified atom stereocenters. The third-order valence-electron chi connectivity index (χ3n) is 4.47. The van der Waals surface area contributed by atoms with Crippen LogP contribution in [0.25, 0.3) is 0 Å². The summed E-state index contributed by atoms with van der Waals surface area (Å²) in [7, 11) is 1.68. The molecule has 0 atom stereocenters. The number of rotatable bonds is 9. The van der Waals surface area contributed by atoms with Gasteiger partial charge < -0.3 is 15.0 Å². The van der Waals surface area contributed by atoms with E-state index in [0.717, 1.165) is 56.1 Å². The van der Waals surface area contributed by atoms with Crippen molar-refractivity contribution in [3.8, 4) is 0 Å². The fraction of sp³-hybridized carbons (Fsp3) is 0.476. The van der Waals surface area contributed by atoms with Gasteiger partial charge in [0, 0.05) is 58.5 Å². The van der Waals surface area contributed by atoms with Gasteiger partial charge in [-0.1, -0.05) is 30.9 Å². The molecule has 0 aliphatic carbocycles. The molecule has 1 N–H and O–H groups in total. The average Bonchev–Trinajstić information content (AvgIpc) is 2.61. The van der Waals surface area contributed by atoms with Gasteiger partial charge in [-0.25, -0.2) is 0 Å². The van der Waals surface area contributed by atoms with Gasteiger partial charge in [0.05, 0.1) is 6.61 Å². The zero-order chi connectivity index (χ0) is 18.8. The van der Waals surface area contributed by atoms with Crippen molar-refractivity contribution in [1.29, 1.82) is 0 Å². The second-order valence-corrected chi connectivity index (χ2v) is 6.80. The largest absolute Gasteiger partial charge is 0.380 e. The van der Waals surface area contributed by atoms with Crippen LogP contribution in [0.5, 0.6) is 0 Å². The van der Waals surface area contributed by atoms with Gasteiger partial charge in [-0.2, -0.15) is 0 Å². The van der Waals surface area contributed by atoms with Crippen molar-refractivity contribution in [2.24, 2.45) is 0 Å². The lowest BCUT2D eigenvalue weighted by Crippen LogP contribution is -2.46. The minimum Gasteiger partial charge on any atom is -0.380 e. The molecule has 0 bridgehead atoms. The standard InChI is InChI=1S/C21H31N3O2/c1-18-6-4-8-20(16-18)22-21(25)9-11-24-14-12-23(13-15-24)10-5-7-19(2)17-26-3/h4-8,16H,2,9-15,17H2,1,3H3,(H,22,25)/b7-5+. The van der Waals surface area contributed by atoms with Crippen LogP contribution in [-0.4, -0.2) is 68.7 Å². The monoisotopic (exact) mass is 357 g/mol. The van der Waals surface area contributed by atoms with Crippen LogP contribution in [0.4, 0.5) is 5.69 Å². The molecule has 142 valence electrons. The van der Waals surface area contributed by atoms with Crippen LogP contribution in [0.2, 0.25) is 0 Å². The van der Waals surface area contributed by atoms with Crippen molar-refractivity contribution in [1.82, 2.24) is 9.80 Å². The number of carbonyl (C=O) groups is 1. The van der Waals surface area contributed by atoms with Crippen molar-refractivity contribution >= 4 is 11.6 Å². The molecular weight excluding hydrogens is 326 g/mol. The lowest BCUT2D eigenvalue weighted by Gasteiger charge is -2.34. The van der Waals surface area contributed by atoms with Crippen LogP contribution in [0.15, 0.2) is 48.6 Å². The summed E-state index contributed by atoms with van der Waals surface area (Å²) in [5.74, 6) is 0.0811. The molecule has 1 saturated heterocycles. The molecule has 1 heterocycles. The zero-order valence-electron chi connectivity index (χ0n) is 16.0. The van der Waals surface area contributed by atoms with Gasteiger partial charge in [0.1, 0.15) is 0 Å². The molecule has 26 heavy (non-hydrogen) atoms. The number of benzene rings is 1. The number of amides is 1. The lowest BCUT2D eigenvalue weighted by molar-refractivity contribution is -0.116. The Bertz CT molecular complexity index is 619. The number of anilines is 1. The molecule has 1 fully saturated rings. The zero-order valence-corrected chi connectivity index (χ0v) is 16.0. The highest BCUT2D eigenvalue weighted by molar-refractivity contribution is 5.90.